The van der Waals surface area contributed by atoms with Gasteiger partial charge in [-0.3, -0.25) is 9.69 Å². The van der Waals surface area contributed by atoms with Crippen molar-refractivity contribution in [2.24, 2.45) is 0 Å². The van der Waals surface area contributed by atoms with Gasteiger partial charge < -0.3 is 10.6 Å². The highest BCUT2D eigenvalue weighted by molar-refractivity contribution is 5.93. The third-order valence-corrected chi connectivity index (χ3v) is 5.61. The highest BCUT2D eigenvalue weighted by atomic mass is 16.1. The summed E-state index contributed by atoms with van der Waals surface area (Å²) in [7, 11) is 0. The molecule has 1 aliphatic heterocycles. The lowest BCUT2D eigenvalue weighted by Gasteiger charge is -2.40. The Bertz CT molecular complexity index is 539. The van der Waals surface area contributed by atoms with Crippen molar-refractivity contribution in [1.29, 1.82) is 0 Å². The number of hydrogen-bond donors (Lipinski definition) is 2. The largest absolute Gasteiger partial charge is 0.370 e. The minimum Gasteiger partial charge on any atom is -0.370 e. The van der Waals surface area contributed by atoms with Crippen molar-refractivity contribution in [1.82, 2.24) is 15.2 Å². The molecule has 2 heterocycles. The van der Waals surface area contributed by atoms with E-state index in [9.17, 15) is 4.79 Å². The van der Waals surface area contributed by atoms with Gasteiger partial charge in [0.1, 0.15) is 5.82 Å². The standard InChI is InChI=1S/C20H32N4O/c1-2-21-20(25)16-10-11-19(23-15-16)22-13-12-18-9-5-6-14-24(18)17-7-3-4-8-17/h10-11,15,17-18H,2-9,12-14H2,1H3,(H,21,25)(H,22,23)/t18-/m1/s1. The Kier molecular flexibility index (Phi) is 6.68. The highest BCUT2D eigenvalue weighted by Gasteiger charge is 2.30. The molecule has 2 fully saturated rings. The van der Waals surface area contributed by atoms with E-state index in [2.05, 4.69) is 20.5 Å². The predicted octanol–water partition coefficient (Wildman–Crippen LogP) is 3.43. The molecule has 0 radical (unpaired) electrons. The van der Waals surface area contributed by atoms with Crippen molar-refractivity contribution in [3.63, 3.8) is 0 Å². The number of carbonyl (C=O) groups excluding carboxylic acids is 1. The first-order valence-corrected chi connectivity index (χ1v) is 10.0. The number of rotatable bonds is 7. The molecule has 0 spiro atoms. The Morgan fingerprint density at radius 3 is 2.72 bits per heavy atom. The molecule has 1 aromatic rings. The molecule has 5 heteroatoms. The van der Waals surface area contributed by atoms with Crippen LogP contribution < -0.4 is 10.6 Å². The monoisotopic (exact) mass is 344 g/mol. The number of carbonyl (C=O) groups is 1. The third-order valence-electron chi connectivity index (χ3n) is 5.61. The molecule has 3 rings (SSSR count). The molecule has 1 saturated heterocycles. The molecule has 0 unspecified atom stereocenters. The topological polar surface area (TPSA) is 57.3 Å². The van der Waals surface area contributed by atoms with Gasteiger partial charge >= 0.3 is 0 Å². The van der Waals surface area contributed by atoms with E-state index in [1.807, 2.05) is 19.1 Å². The molecule has 1 aromatic heterocycles. The molecular formula is C20H32N4O. The molecule has 1 saturated carbocycles. The van der Waals surface area contributed by atoms with E-state index >= 15 is 0 Å². The van der Waals surface area contributed by atoms with Gasteiger partial charge in [0.25, 0.3) is 5.91 Å². The third kappa shape index (κ3) is 4.94. The Morgan fingerprint density at radius 2 is 2.00 bits per heavy atom. The second-order valence-electron chi connectivity index (χ2n) is 7.33. The Morgan fingerprint density at radius 1 is 1.20 bits per heavy atom. The van der Waals surface area contributed by atoms with E-state index in [4.69, 9.17) is 0 Å². The van der Waals surface area contributed by atoms with E-state index < -0.39 is 0 Å². The van der Waals surface area contributed by atoms with Crippen LogP contribution in [0.15, 0.2) is 18.3 Å². The number of amides is 1. The number of likely N-dealkylation sites (tertiary alicyclic amines) is 1. The number of pyridine rings is 1. The average molecular weight is 345 g/mol. The van der Waals surface area contributed by atoms with Crippen LogP contribution in [-0.2, 0) is 0 Å². The summed E-state index contributed by atoms with van der Waals surface area (Å²) in [6.45, 7) is 4.79. The van der Waals surface area contributed by atoms with Crippen LogP contribution in [0.1, 0.15) is 68.6 Å². The van der Waals surface area contributed by atoms with Crippen molar-refractivity contribution in [3.05, 3.63) is 23.9 Å². The van der Waals surface area contributed by atoms with Gasteiger partial charge in [-0.25, -0.2) is 4.98 Å². The minimum atomic E-state index is -0.0593. The summed E-state index contributed by atoms with van der Waals surface area (Å²) in [5.74, 6) is 0.798. The normalized spacial score (nSPS) is 22.0. The predicted molar refractivity (Wildman–Crippen MR) is 102 cm³/mol. The molecule has 0 bridgehead atoms. The van der Waals surface area contributed by atoms with E-state index in [0.717, 1.165) is 24.4 Å². The van der Waals surface area contributed by atoms with Crippen molar-refractivity contribution in [2.45, 2.75) is 70.4 Å². The molecule has 2 N–H and O–H groups in total. The molecule has 5 nitrogen and oxygen atoms in total. The smallest absolute Gasteiger partial charge is 0.252 e. The maximum atomic E-state index is 11.8. The van der Waals surface area contributed by atoms with Gasteiger partial charge in [0.05, 0.1) is 5.56 Å². The van der Waals surface area contributed by atoms with E-state index in [1.165, 1.54) is 57.9 Å². The maximum Gasteiger partial charge on any atom is 0.252 e. The van der Waals surface area contributed by atoms with Crippen molar-refractivity contribution >= 4 is 11.7 Å². The first kappa shape index (κ1) is 18.2. The van der Waals surface area contributed by atoms with Crippen LogP contribution in [0.5, 0.6) is 0 Å². The van der Waals surface area contributed by atoms with Gasteiger partial charge in [0.15, 0.2) is 0 Å². The Balaban J connectivity index is 1.47. The van der Waals surface area contributed by atoms with E-state index in [1.54, 1.807) is 6.20 Å². The fraction of sp³-hybridized carbons (Fsp3) is 0.700. The zero-order chi connectivity index (χ0) is 17.5. The summed E-state index contributed by atoms with van der Waals surface area (Å²) in [5.41, 5.74) is 0.618. The fourth-order valence-corrected chi connectivity index (χ4v) is 4.31. The second-order valence-corrected chi connectivity index (χ2v) is 7.33. The van der Waals surface area contributed by atoms with Gasteiger partial charge in [0.2, 0.25) is 0 Å². The summed E-state index contributed by atoms with van der Waals surface area (Å²) in [6.07, 6.45) is 12.5. The van der Waals surface area contributed by atoms with Crippen LogP contribution in [0.4, 0.5) is 5.82 Å². The van der Waals surface area contributed by atoms with Crippen LogP contribution >= 0.6 is 0 Å². The van der Waals surface area contributed by atoms with Crippen molar-refractivity contribution in [2.75, 3.05) is 25.0 Å². The summed E-state index contributed by atoms with van der Waals surface area (Å²) >= 11 is 0. The number of nitrogens with zero attached hydrogens (tertiary/aromatic N) is 2. The number of piperidine rings is 1. The molecule has 1 atom stereocenters. The summed E-state index contributed by atoms with van der Waals surface area (Å²) in [5, 5.41) is 6.23. The molecule has 1 aliphatic carbocycles. The zero-order valence-electron chi connectivity index (χ0n) is 15.5. The second kappa shape index (κ2) is 9.18. The quantitative estimate of drug-likeness (QED) is 0.796. The Hall–Kier alpha value is -1.62. The summed E-state index contributed by atoms with van der Waals surface area (Å²) in [6, 6.07) is 5.30. The van der Waals surface area contributed by atoms with Gasteiger partial charge in [0, 0.05) is 31.4 Å². The summed E-state index contributed by atoms with van der Waals surface area (Å²) in [4.78, 5) is 18.9. The minimum absolute atomic E-state index is 0.0593. The van der Waals surface area contributed by atoms with Crippen LogP contribution in [0.2, 0.25) is 0 Å². The first-order valence-electron chi connectivity index (χ1n) is 10.0. The number of hydrogen-bond acceptors (Lipinski definition) is 4. The SMILES string of the molecule is CCNC(=O)c1ccc(NCC[C@H]2CCCCN2C2CCCC2)nc1. The van der Waals surface area contributed by atoms with E-state index in [0.29, 0.717) is 12.1 Å². The van der Waals surface area contributed by atoms with E-state index in [-0.39, 0.29) is 5.91 Å². The van der Waals surface area contributed by atoms with Crippen LogP contribution in [0.3, 0.4) is 0 Å². The molecule has 0 aromatic carbocycles. The Labute approximate surface area is 151 Å². The van der Waals surface area contributed by atoms with Gasteiger partial charge in [-0.2, -0.15) is 0 Å². The highest BCUT2D eigenvalue weighted by Crippen LogP contribution is 2.30. The van der Waals surface area contributed by atoms with Gasteiger partial charge in [-0.15, -0.1) is 0 Å². The summed E-state index contributed by atoms with van der Waals surface area (Å²) < 4.78 is 0. The van der Waals surface area contributed by atoms with Crippen LogP contribution in [-0.4, -0.2) is 47.5 Å². The van der Waals surface area contributed by atoms with Crippen molar-refractivity contribution < 1.29 is 4.79 Å². The molecule has 25 heavy (non-hydrogen) atoms. The van der Waals surface area contributed by atoms with Gasteiger partial charge in [-0.1, -0.05) is 19.3 Å². The van der Waals surface area contributed by atoms with Crippen LogP contribution in [0.25, 0.3) is 0 Å². The maximum absolute atomic E-state index is 11.8. The number of aromatic nitrogens is 1. The fourth-order valence-electron chi connectivity index (χ4n) is 4.31. The molecule has 1 amide bonds. The number of nitrogens with one attached hydrogen (secondary N) is 2. The lowest BCUT2D eigenvalue weighted by Crippen LogP contribution is -2.45. The molecular weight excluding hydrogens is 312 g/mol. The first-order chi connectivity index (χ1) is 12.3. The zero-order valence-corrected chi connectivity index (χ0v) is 15.5. The lowest BCUT2D eigenvalue weighted by atomic mass is 9.96. The molecule has 2 aliphatic rings. The van der Waals surface area contributed by atoms with Gasteiger partial charge in [-0.05, 0) is 57.7 Å². The van der Waals surface area contributed by atoms with Crippen molar-refractivity contribution in [3.8, 4) is 0 Å². The van der Waals surface area contributed by atoms with Crippen LogP contribution in [0, 0.1) is 0 Å². The average Bonchev–Trinajstić information content (AvgIpc) is 3.17. The lowest BCUT2D eigenvalue weighted by molar-refractivity contribution is 0.0933. The molecule has 138 valence electrons. The number of anilines is 1.